The van der Waals surface area contributed by atoms with Crippen LogP contribution in [0.15, 0.2) is 77.5 Å². The summed E-state index contributed by atoms with van der Waals surface area (Å²) in [6, 6.07) is 16.0. The summed E-state index contributed by atoms with van der Waals surface area (Å²) in [5.74, 6) is 0.236. The molecule has 0 bridgehead atoms. The summed E-state index contributed by atoms with van der Waals surface area (Å²) in [4.78, 5) is 12.5. The van der Waals surface area contributed by atoms with Gasteiger partial charge in [-0.1, -0.05) is 61.1 Å². The number of amides is 1. The van der Waals surface area contributed by atoms with Crippen molar-refractivity contribution in [3.63, 3.8) is 0 Å². The molecule has 0 aliphatic carbocycles. The Morgan fingerprint density at radius 3 is 2.64 bits per heavy atom. The highest BCUT2D eigenvalue weighted by Crippen LogP contribution is 2.31. The molecule has 0 radical (unpaired) electrons. The van der Waals surface area contributed by atoms with Crippen LogP contribution >= 0.6 is 71.0 Å². The second-order valence-electron chi connectivity index (χ2n) is 6.82. The highest BCUT2D eigenvalue weighted by molar-refractivity contribution is 9.11. The number of rotatable bonds is 6. The molecule has 1 aromatic heterocycles. The zero-order chi connectivity index (χ0) is 23.5. The number of nitrogens with one attached hydrogen (secondary N) is 1. The normalized spacial score (nSPS) is 11.3. The van der Waals surface area contributed by atoms with Crippen molar-refractivity contribution in [2.75, 3.05) is 0 Å². The summed E-state index contributed by atoms with van der Waals surface area (Å²) < 4.78 is 14.0. The van der Waals surface area contributed by atoms with Gasteiger partial charge in [0, 0.05) is 35.5 Å². The predicted octanol–water partition coefficient (Wildman–Crippen LogP) is 8.37. The molecule has 1 amide bonds. The van der Waals surface area contributed by atoms with E-state index >= 15 is 0 Å². The zero-order valence-corrected chi connectivity index (χ0v) is 22.8. The van der Waals surface area contributed by atoms with Gasteiger partial charge in [0.15, 0.2) is 5.76 Å². The second kappa shape index (κ2) is 10.6. The lowest BCUT2D eigenvalue weighted by molar-refractivity contribution is 0.0929. The molecule has 4 aromatic rings. The van der Waals surface area contributed by atoms with Gasteiger partial charge in [0.05, 0.1) is 10.7 Å². The second-order valence-corrected chi connectivity index (χ2v) is 10.4. The minimum Gasteiger partial charge on any atom is -0.488 e. The Morgan fingerprint density at radius 2 is 1.85 bits per heavy atom. The number of halogens is 5. The van der Waals surface area contributed by atoms with Gasteiger partial charge in [-0.15, -0.1) is 0 Å². The Kier molecular flexibility index (Phi) is 7.81. The molecule has 10 heteroatoms. The lowest BCUT2D eigenvalue weighted by Crippen LogP contribution is -2.16. The number of nitrogens with zero attached hydrogens (tertiary/aromatic N) is 1. The number of hydrogen-bond acceptors (Lipinski definition) is 4. The van der Waals surface area contributed by atoms with E-state index in [1.165, 1.54) is 6.21 Å². The molecule has 4 rings (SSSR count). The van der Waals surface area contributed by atoms with Gasteiger partial charge < -0.3 is 9.15 Å². The fourth-order valence-electron chi connectivity index (χ4n) is 2.95. The van der Waals surface area contributed by atoms with E-state index in [4.69, 9.17) is 32.4 Å². The molecule has 33 heavy (non-hydrogen) atoms. The van der Waals surface area contributed by atoms with Crippen LogP contribution < -0.4 is 10.2 Å². The third kappa shape index (κ3) is 6.00. The van der Waals surface area contributed by atoms with Crippen LogP contribution in [-0.4, -0.2) is 12.1 Å². The summed E-state index contributed by atoms with van der Waals surface area (Å²) in [5, 5.41) is 5.93. The zero-order valence-electron chi connectivity index (χ0n) is 16.5. The molecule has 0 saturated carbocycles. The largest absolute Gasteiger partial charge is 0.488 e. The number of carbonyl (C=O) groups excluding carboxylic acids is 1. The molecule has 0 aliphatic heterocycles. The number of furan rings is 1. The van der Waals surface area contributed by atoms with E-state index in [-0.39, 0.29) is 12.4 Å². The van der Waals surface area contributed by atoms with E-state index in [0.29, 0.717) is 26.9 Å². The highest BCUT2D eigenvalue weighted by atomic mass is 79.9. The first-order valence-electron chi connectivity index (χ1n) is 9.38. The number of carbonyl (C=O) groups is 1. The van der Waals surface area contributed by atoms with Crippen LogP contribution in [0.2, 0.25) is 10.0 Å². The van der Waals surface area contributed by atoms with Crippen molar-refractivity contribution in [2.24, 2.45) is 5.10 Å². The van der Waals surface area contributed by atoms with E-state index in [9.17, 15) is 4.79 Å². The third-order valence-electron chi connectivity index (χ3n) is 4.50. The average Bonchev–Trinajstić information content (AvgIpc) is 3.19. The van der Waals surface area contributed by atoms with E-state index < -0.39 is 5.91 Å². The lowest BCUT2D eigenvalue weighted by atomic mass is 10.2. The molecule has 0 saturated heterocycles. The maximum atomic E-state index is 12.5. The van der Waals surface area contributed by atoms with Crippen molar-refractivity contribution in [1.29, 1.82) is 0 Å². The standard InChI is InChI=1S/C23H13Br3Cl2N2O3/c24-15-2-4-20(32-11-12-1-3-17(27)9-19(12)28)14(6-15)10-29-30-23(31)21-7-13-5-16(25)8-18(26)22(13)33-21/h1-10H,11H2,(H,30,31)/b29-10-. The van der Waals surface area contributed by atoms with Crippen molar-refractivity contribution < 1.29 is 13.9 Å². The Bertz CT molecular complexity index is 1390. The molecular weight excluding hydrogens is 663 g/mol. The number of fused-ring (bicyclic) bond motifs is 1. The van der Waals surface area contributed by atoms with Crippen molar-refractivity contribution in [3.05, 3.63) is 94.9 Å². The maximum absolute atomic E-state index is 12.5. The van der Waals surface area contributed by atoms with Crippen molar-refractivity contribution >= 4 is 94.1 Å². The fourth-order valence-corrected chi connectivity index (χ4v) is 5.13. The minimum absolute atomic E-state index is 0.143. The average molecular weight is 676 g/mol. The Morgan fingerprint density at radius 1 is 1.03 bits per heavy atom. The predicted molar refractivity (Wildman–Crippen MR) is 142 cm³/mol. The van der Waals surface area contributed by atoms with Gasteiger partial charge in [-0.05, 0) is 64.5 Å². The first kappa shape index (κ1) is 24.3. The van der Waals surface area contributed by atoms with Gasteiger partial charge in [-0.2, -0.15) is 5.10 Å². The lowest BCUT2D eigenvalue weighted by Gasteiger charge is -2.11. The monoisotopic (exact) mass is 672 g/mol. The van der Waals surface area contributed by atoms with Crippen molar-refractivity contribution in [1.82, 2.24) is 5.43 Å². The van der Waals surface area contributed by atoms with Gasteiger partial charge in [0.2, 0.25) is 0 Å². The van der Waals surface area contributed by atoms with E-state index in [1.54, 1.807) is 24.3 Å². The van der Waals surface area contributed by atoms with Crippen LogP contribution in [0.3, 0.4) is 0 Å². The van der Waals surface area contributed by atoms with Gasteiger partial charge >= 0.3 is 5.91 Å². The summed E-state index contributed by atoms with van der Waals surface area (Å²) in [6.45, 7) is 0.244. The molecule has 3 aromatic carbocycles. The van der Waals surface area contributed by atoms with Crippen LogP contribution in [0.4, 0.5) is 0 Å². The smallest absolute Gasteiger partial charge is 0.307 e. The quantitative estimate of drug-likeness (QED) is 0.165. The Labute approximate surface area is 224 Å². The van der Waals surface area contributed by atoms with Gasteiger partial charge in [-0.3, -0.25) is 4.79 Å². The SMILES string of the molecule is O=C(N/N=C\c1cc(Br)ccc1OCc1ccc(Cl)cc1Cl)c1cc2cc(Br)cc(Br)c2o1. The van der Waals surface area contributed by atoms with Gasteiger partial charge in [0.25, 0.3) is 0 Å². The first-order valence-corrected chi connectivity index (χ1v) is 12.5. The van der Waals surface area contributed by atoms with Crippen LogP contribution in [0.1, 0.15) is 21.7 Å². The van der Waals surface area contributed by atoms with Crippen molar-refractivity contribution in [2.45, 2.75) is 6.61 Å². The molecule has 0 aliphatic rings. The minimum atomic E-state index is -0.476. The third-order valence-corrected chi connectivity index (χ3v) is 6.63. The molecular formula is C23H13Br3Cl2N2O3. The molecule has 0 unspecified atom stereocenters. The topological polar surface area (TPSA) is 63.8 Å². The van der Waals surface area contributed by atoms with E-state index in [2.05, 4.69) is 58.3 Å². The highest BCUT2D eigenvalue weighted by Gasteiger charge is 2.14. The van der Waals surface area contributed by atoms with Crippen molar-refractivity contribution in [3.8, 4) is 5.75 Å². The molecule has 0 fully saturated rings. The van der Waals surface area contributed by atoms with Crippen LogP contribution in [-0.2, 0) is 6.61 Å². The van der Waals surface area contributed by atoms with E-state index in [1.807, 2.05) is 30.3 Å². The summed E-state index contributed by atoms with van der Waals surface area (Å²) in [7, 11) is 0. The molecule has 1 heterocycles. The van der Waals surface area contributed by atoms with Crippen LogP contribution in [0, 0.1) is 0 Å². The van der Waals surface area contributed by atoms with Crippen LogP contribution in [0.25, 0.3) is 11.0 Å². The maximum Gasteiger partial charge on any atom is 0.307 e. The van der Waals surface area contributed by atoms with Gasteiger partial charge in [-0.25, -0.2) is 5.43 Å². The Balaban J connectivity index is 1.48. The summed E-state index contributed by atoms with van der Waals surface area (Å²) in [6.07, 6.45) is 1.50. The first-order chi connectivity index (χ1) is 15.8. The molecule has 5 nitrogen and oxygen atoms in total. The van der Waals surface area contributed by atoms with Crippen LogP contribution in [0.5, 0.6) is 5.75 Å². The number of benzene rings is 3. The van der Waals surface area contributed by atoms with E-state index in [0.717, 1.165) is 24.4 Å². The number of hydrazone groups is 1. The molecule has 168 valence electrons. The number of ether oxygens (including phenoxy) is 1. The fraction of sp³-hybridized carbons (Fsp3) is 0.0435. The molecule has 1 N–H and O–H groups in total. The molecule has 0 spiro atoms. The number of hydrogen-bond donors (Lipinski definition) is 1. The molecule has 0 atom stereocenters. The van der Waals surface area contributed by atoms with Gasteiger partial charge in [0.1, 0.15) is 17.9 Å². The summed E-state index contributed by atoms with van der Waals surface area (Å²) >= 11 is 22.5. The summed E-state index contributed by atoms with van der Waals surface area (Å²) in [5.41, 5.74) is 4.51. The Hall–Kier alpha value is -1.84.